The van der Waals surface area contributed by atoms with Crippen LogP contribution in [0.2, 0.25) is 0 Å². The number of amides is 2. The second-order valence-corrected chi connectivity index (χ2v) is 8.11. The molecule has 3 aromatic rings. The number of hydrogen-bond acceptors (Lipinski definition) is 8. The molecule has 10 heteroatoms. The van der Waals surface area contributed by atoms with Crippen LogP contribution >= 0.6 is 0 Å². The highest BCUT2D eigenvalue weighted by molar-refractivity contribution is 5.90. The Labute approximate surface area is 203 Å². The number of anilines is 2. The first kappa shape index (κ1) is 22.6. The zero-order valence-electron chi connectivity index (χ0n) is 19.7. The number of hydrogen-bond donors (Lipinski definition) is 1. The number of carbonyl (C=O) groups is 1. The van der Waals surface area contributed by atoms with Gasteiger partial charge in [0.05, 0.1) is 19.9 Å². The van der Waals surface area contributed by atoms with Gasteiger partial charge in [-0.15, -0.1) is 10.2 Å². The van der Waals surface area contributed by atoms with E-state index in [1.807, 2.05) is 42.5 Å². The molecule has 2 aliphatic rings. The van der Waals surface area contributed by atoms with Crippen molar-refractivity contribution in [1.29, 1.82) is 0 Å². The molecule has 35 heavy (non-hydrogen) atoms. The van der Waals surface area contributed by atoms with Gasteiger partial charge in [0, 0.05) is 43.5 Å². The number of benzene rings is 2. The van der Waals surface area contributed by atoms with Crippen molar-refractivity contribution >= 4 is 17.5 Å². The van der Waals surface area contributed by atoms with Crippen LogP contribution in [0.5, 0.6) is 23.0 Å². The largest absolute Gasteiger partial charge is 0.497 e. The summed E-state index contributed by atoms with van der Waals surface area (Å²) in [6, 6.07) is 14.7. The topological polar surface area (TPSA) is 98.3 Å². The molecule has 182 valence electrons. The lowest BCUT2D eigenvalue weighted by Gasteiger charge is -2.35. The number of ether oxygens (including phenoxy) is 4. The van der Waals surface area contributed by atoms with Crippen molar-refractivity contribution in [1.82, 2.24) is 15.1 Å². The molecule has 1 N–H and O–H groups in total. The van der Waals surface area contributed by atoms with E-state index in [0.29, 0.717) is 68.0 Å². The molecular weight excluding hydrogens is 450 g/mol. The lowest BCUT2D eigenvalue weighted by molar-refractivity contribution is 0.171. The van der Waals surface area contributed by atoms with E-state index >= 15 is 0 Å². The quantitative estimate of drug-likeness (QED) is 0.598. The van der Waals surface area contributed by atoms with Gasteiger partial charge < -0.3 is 34.1 Å². The Bertz CT molecular complexity index is 1200. The predicted octanol–water partition coefficient (Wildman–Crippen LogP) is 3.29. The number of aromatic nitrogens is 2. The highest BCUT2D eigenvalue weighted by Gasteiger charge is 2.23. The van der Waals surface area contributed by atoms with E-state index < -0.39 is 0 Å². The Kier molecular flexibility index (Phi) is 6.42. The molecule has 0 spiro atoms. The first-order chi connectivity index (χ1) is 17.1. The maximum absolute atomic E-state index is 12.8. The summed E-state index contributed by atoms with van der Waals surface area (Å²) in [6.07, 6.45) is 0. The first-order valence-electron chi connectivity index (χ1n) is 11.4. The van der Waals surface area contributed by atoms with Gasteiger partial charge in [-0.1, -0.05) is 0 Å². The lowest BCUT2D eigenvalue weighted by atomic mass is 10.1. The molecule has 2 aliphatic heterocycles. The molecule has 1 fully saturated rings. The molecule has 2 amide bonds. The van der Waals surface area contributed by atoms with Gasteiger partial charge in [0.15, 0.2) is 17.3 Å². The monoisotopic (exact) mass is 477 g/mol. The molecule has 5 rings (SSSR count). The van der Waals surface area contributed by atoms with Gasteiger partial charge in [0.1, 0.15) is 24.7 Å². The minimum absolute atomic E-state index is 0.145. The molecule has 2 aromatic carbocycles. The Morgan fingerprint density at radius 1 is 0.886 bits per heavy atom. The van der Waals surface area contributed by atoms with Crippen LogP contribution in [0.15, 0.2) is 48.5 Å². The normalized spacial score (nSPS) is 14.9. The van der Waals surface area contributed by atoms with E-state index in [4.69, 9.17) is 18.9 Å². The smallest absolute Gasteiger partial charge is 0.321 e. The minimum atomic E-state index is -0.145. The second kappa shape index (κ2) is 9.96. The van der Waals surface area contributed by atoms with Gasteiger partial charge in [-0.25, -0.2) is 4.79 Å². The number of fused-ring (bicyclic) bond motifs is 1. The maximum Gasteiger partial charge on any atom is 0.321 e. The SMILES string of the molecule is COc1ccc(OC)c(-c2ccc(N3CCN(C(=O)Nc4ccc5c(c4)OCCO5)CC3)nn2)c1. The third-order valence-electron chi connectivity index (χ3n) is 6.02. The molecule has 10 nitrogen and oxygen atoms in total. The second-order valence-electron chi connectivity index (χ2n) is 8.11. The Morgan fingerprint density at radius 2 is 1.69 bits per heavy atom. The fourth-order valence-electron chi connectivity index (χ4n) is 4.11. The van der Waals surface area contributed by atoms with Gasteiger partial charge in [-0.05, 0) is 42.5 Å². The van der Waals surface area contributed by atoms with Gasteiger partial charge in [-0.3, -0.25) is 0 Å². The summed E-state index contributed by atoms with van der Waals surface area (Å²) in [6.45, 7) is 3.50. The molecule has 1 saturated heterocycles. The summed E-state index contributed by atoms with van der Waals surface area (Å²) in [5, 5.41) is 11.8. The van der Waals surface area contributed by atoms with Gasteiger partial charge in [0.25, 0.3) is 0 Å². The molecule has 0 aliphatic carbocycles. The molecule has 0 radical (unpaired) electrons. The zero-order valence-corrected chi connectivity index (χ0v) is 19.7. The molecule has 3 heterocycles. The predicted molar refractivity (Wildman–Crippen MR) is 131 cm³/mol. The van der Waals surface area contributed by atoms with Gasteiger partial charge in [0.2, 0.25) is 0 Å². The van der Waals surface area contributed by atoms with E-state index in [0.717, 1.165) is 17.1 Å². The lowest BCUT2D eigenvalue weighted by Crippen LogP contribution is -2.50. The van der Waals surface area contributed by atoms with E-state index in [1.54, 1.807) is 25.2 Å². The number of nitrogens with zero attached hydrogens (tertiary/aromatic N) is 4. The van der Waals surface area contributed by atoms with Crippen molar-refractivity contribution < 1.29 is 23.7 Å². The number of methoxy groups -OCH3 is 2. The molecule has 0 bridgehead atoms. The number of carbonyl (C=O) groups excluding carboxylic acids is 1. The highest BCUT2D eigenvalue weighted by atomic mass is 16.6. The van der Waals surface area contributed by atoms with Gasteiger partial charge >= 0.3 is 6.03 Å². The van der Waals surface area contributed by atoms with Crippen LogP contribution in [0.25, 0.3) is 11.3 Å². The maximum atomic E-state index is 12.8. The summed E-state index contributed by atoms with van der Waals surface area (Å²) in [4.78, 5) is 16.7. The number of piperazine rings is 1. The van der Waals surface area contributed by atoms with Crippen molar-refractivity contribution in [3.8, 4) is 34.3 Å². The fraction of sp³-hybridized carbons (Fsp3) is 0.320. The summed E-state index contributed by atoms with van der Waals surface area (Å²) in [5.74, 6) is 3.53. The van der Waals surface area contributed by atoms with E-state index in [1.165, 1.54) is 0 Å². The summed E-state index contributed by atoms with van der Waals surface area (Å²) in [7, 11) is 3.24. The fourth-order valence-corrected chi connectivity index (χ4v) is 4.11. The number of rotatable bonds is 5. The van der Waals surface area contributed by atoms with Crippen LogP contribution in [-0.2, 0) is 0 Å². The van der Waals surface area contributed by atoms with Crippen LogP contribution < -0.4 is 29.2 Å². The molecule has 0 unspecified atom stereocenters. The molecule has 0 saturated carbocycles. The minimum Gasteiger partial charge on any atom is -0.497 e. The molecule has 0 atom stereocenters. The van der Waals surface area contributed by atoms with E-state index in [-0.39, 0.29) is 6.03 Å². The third kappa shape index (κ3) is 4.86. The van der Waals surface area contributed by atoms with Crippen LogP contribution in [0.4, 0.5) is 16.3 Å². The summed E-state index contributed by atoms with van der Waals surface area (Å²) < 4.78 is 21.9. The number of urea groups is 1. The Hall–Kier alpha value is -4.21. The average molecular weight is 478 g/mol. The van der Waals surface area contributed by atoms with Crippen LogP contribution in [0, 0.1) is 0 Å². The van der Waals surface area contributed by atoms with Crippen LogP contribution in [0.3, 0.4) is 0 Å². The number of nitrogens with one attached hydrogen (secondary N) is 1. The first-order valence-corrected chi connectivity index (χ1v) is 11.4. The summed E-state index contributed by atoms with van der Waals surface area (Å²) >= 11 is 0. The van der Waals surface area contributed by atoms with E-state index in [9.17, 15) is 4.79 Å². The van der Waals surface area contributed by atoms with Crippen LogP contribution in [0.1, 0.15) is 0 Å². The van der Waals surface area contributed by atoms with Crippen LogP contribution in [-0.4, -0.2) is 74.7 Å². The Morgan fingerprint density at radius 3 is 2.40 bits per heavy atom. The highest BCUT2D eigenvalue weighted by Crippen LogP contribution is 2.33. The zero-order chi connectivity index (χ0) is 24.2. The van der Waals surface area contributed by atoms with Crippen molar-refractivity contribution in [3.05, 3.63) is 48.5 Å². The van der Waals surface area contributed by atoms with Crippen molar-refractivity contribution in [2.45, 2.75) is 0 Å². The summed E-state index contributed by atoms with van der Waals surface area (Å²) in [5.41, 5.74) is 2.18. The third-order valence-corrected chi connectivity index (χ3v) is 6.02. The average Bonchev–Trinajstić information content (AvgIpc) is 2.92. The molecular formula is C25H27N5O5. The van der Waals surface area contributed by atoms with Crippen molar-refractivity contribution in [2.24, 2.45) is 0 Å². The van der Waals surface area contributed by atoms with Gasteiger partial charge in [-0.2, -0.15) is 0 Å². The Balaban J connectivity index is 1.19. The molecule has 1 aromatic heterocycles. The van der Waals surface area contributed by atoms with E-state index in [2.05, 4.69) is 20.4 Å². The van der Waals surface area contributed by atoms with Crippen molar-refractivity contribution in [2.75, 3.05) is 63.8 Å². The van der Waals surface area contributed by atoms with Crippen molar-refractivity contribution in [3.63, 3.8) is 0 Å². The standard InChI is InChI=1S/C25H27N5O5/c1-32-18-4-7-21(33-2)19(16-18)20-5-8-24(28-27-20)29-9-11-30(12-10-29)25(31)26-17-3-6-22-23(15-17)35-14-13-34-22/h3-8,15-16H,9-14H2,1-2H3,(H,26,31).